The van der Waals surface area contributed by atoms with E-state index in [0.29, 0.717) is 17.9 Å². The van der Waals surface area contributed by atoms with Gasteiger partial charge in [0.15, 0.2) is 6.29 Å². The van der Waals surface area contributed by atoms with Crippen LogP contribution in [0.15, 0.2) is 52.9 Å². The van der Waals surface area contributed by atoms with Crippen LogP contribution in [-0.2, 0) is 12.8 Å². The Labute approximate surface area is 214 Å². The molecule has 1 aliphatic carbocycles. The van der Waals surface area contributed by atoms with Crippen LogP contribution < -0.4 is 15.2 Å². The molecule has 37 heavy (non-hydrogen) atoms. The minimum Gasteiger partial charge on any atom is -0.478 e. The van der Waals surface area contributed by atoms with Gasteiger partial charge in [-0.25, -0.2) is 9.79 Å². The van der Waals surface area contributed by atoms with Gasteiger partial charge in [-0.05, 0) is 55.0 Å². The van der Waals surface area contributed by atoms with E-state index < -0.39 is 12.3 Å². The summed E-state index contributed by atoms with van der Waals surface area (Å²) in [6, 6.07) is 15.2. The fourth-order valence-electron chi connectivity index (χ4n) is 5.87. The van der Waals surface area contributed by atoms with Gasteiger partial charge in [0.2, 0.25) is 5.36 Å². The SMILES string of the molecule is CC(C[NH+]=c1ccc2c(-c3ccccc3C(=O)O)c3cc4c5c(c3oc-2c1)CCCN5CCC4)C(O)O. The molecule has 0 radical (unpaired) electrons. The van der Waals surface area contributed by atoms with E-state index in [9.17, 15) is 20.1 Å². The molecule has 0 saturated carbocycles. The predicted octanol–water partition coefficient (Wildman–Crippen LogP) is 2.53. The third-order valence-electron chi connectivity index (χ3n) is 7.77. The maximum atomic E-state index is 12.3. The molecule has 3 aliphatic heterocycles. The van der Waals surface area contributed by atoms with E-state index in [-0.39, 0.29) is 11.5 Å². The molecule has 0 spiro atoms. The molecule has 2 aromatic rings. The summed E-state index contributed by atoms with van der Waals surface area (Å²) in [6.07, 6.45) is 2.70. The monoisotopic (exact) mass is 499 g/mol. The van der Waals surface area contributed by atoms with Crippen molar-refractivity contribution in [3.63, 3.8) is 0 Å². The Morgan fingerprint density at radius 3 is 2.62 bits per heavy atom. The second-order valence-corrected chi connectivity index (χ2v) is 10.2. The number of aliphatic hydroxyl groups excluding tert-OH is 1. The van der Waals surface area contributed by atoms with Gasteiger partial charge in [0, 0.05) is 46.9 Å². The summed E-state index contributed by atoms with van der Waals surface area (Å²) in [4.78, 5) is 18.0. The number of anilines is 1. The Balaban J connectivity index is 1.68. The van der Waals surface area contributed by atoms with E-state index in [1.807, 2.05) is 30.3 Å². The average Bonchev–Trinajstić information content (AvgIpc) is 2.91. The molecule has 7 nitrogen and oxygen atoms in total. The Bertz CT molecular complexity index is 1550. The summed E-state index contributed by atoms with van der Waals surface area (Å²) in [5.74, 6) is -0.642. The van der Waals surface area contributed by atoms with Crippen molar-refractivity contribution in [1.82, 2.24) is 0 Å². The maximum absolute atomic E-state index is 12.3. The fourth-order valence-corrected chi connectivity index (χ4v) is 5.87. The second kappa shape index (κ2) is 9.32. The number of aromatic carboxylic acids is 1. The van der Waals surface area contributed by atoms with Gasteiger partial charge in [0.25, 0.3) is 0 Å². The van der Waals surface area contributed by atoms with Crippen molar-refractivity contribution in [3.8, 4) is 22.5 Å². The molecule has 7 heteroatoms. The third-order valence-corrected chi connectivity index (χ3v) is 7.77. The third kappa shape index (κ3) is 4.08. The number of rotatable bonds is 5. The zero-order valence-corrected chi connectivity index (χ0v) is 20.8. The number of benzene rings is 3. The molecule has 1 atom stereocenters. The fraction of sp³-hybridized carbons (Fsp3) is 0.333. The van der Waals surface area contributed by atoms with E-state index in [2.05, 4.69) is 16.0 Å². The van der Waals surface area contributed by atoms with Crippen molar-refractivity contribution < 1.29 is 29.5 Å². The smallest absolute Gasteiger partial charge is 0.336 e. The van der Waals surface area contributed by atoms with Gasteiger partial charge in [-0.15, -0.1) is 0 Å². The molecule has 0 aromatic heterocycles. The molecule has 1 unspecified atom stereocenters. The number of hydrogen-bond acceptors (Lipinski definition) is 5. The summed E-state index contributed by atoms with van der Waals surface area (Å²) in [5, 5.41) is 30.7. The summed E-state index contributed by atoms with van der Waals surface area (Å²) < 4.78 is 6.66. The first kappa shape index (κ1) is 23.7. The van der Waals surface area contributed by atoms with Crippen LogP contribution >= 0.6 is 0 Å². The van der Waals surface area contributed by atoms with Crippen molar-refractivity contribution >= 4 is 22.6 Å². The zero-order chi connectivity index (χ0) is 25.7. The predicted molar refractivity (Wildman–Crippen MR) is 140 cm³/mol. The lowest BCUT2D eigenvalue weighted by molar-refractivity contribution is -0.512. The van der Waals surface area contributed by atoms with Crippen LogP contribution in [0.5, 0.6) is 0 Å². The molecule has 0 saturated heterocycles. The summed E-state index contributed by atoms with van der Waals surface area (Å²) in [5.41, 5.74) is 7.30. The van der Waals surface area contributed by atoms with E-state index in [1.54, 1.807) is 19.1 Å². The molecular weight excluding hydrogens is 468 g/mol. The number of hydrogen-bond donors (Lipinski definition) is 4. The first-order chi connectivity index (χ1) is 17.9. The average molecular weight is 500 g/mol. The van der Waals surface area contributed by atoms with E-state index in [0.717, 1.165) is 66.2 Å². The van der Waals surface area contributed by atoms with Gasteiger partial charge in [-0.2, -0.15) is 0 Å². The maximum Gasteiger partial charge on any atom is 0.336 e. The van der Waals surface area contributed by atoms with Crippen LogP contribution in [0.1, 0.15) is 41.3 Å². The topological polar surface area (TPSA) is 108 Å². The van der Waals surface area contributed by atoms with E-state index in [4.69, 9.17) is 4.42 Å². The van der Waals surface area contributed by atoms with Crippen molar-refractivity contribution in [2.45, 2.75) is 38.9 Å². The van der Waals surface area contributed by atoms with E-state index >= 15 is 0 Å². The molecule has 6 rings (SSSR count). The molecule has 3 heterocycles. The number of carboxylic acids is 1. The Kier molecular flexibility index (Phi) is 5.97. The summed E-state index contributed by atoms with van der Waals surface area (Å²) in [7, 11) is 0. The first-order valence-electron chi connectivity index (χ1n) is 13.0. The van der Waals surface area contributed by atoms with Crippen LogP contribution in [0.25, 0.3) is 33.4 Å². The summed E-state index contributed by atoms with van der Waals surface area (Å²) >= 11 is 0. The lowest BCUT2D eigenvalue weighted by Crippen LogP contribution is -2.78. The van der Waals surface area contributed by atoms with Gasteiger partial charge in [-0.1, -0.05) is 25.1 Å². The van der Waals surface area contributed by atoms with Gasteiger partial charge in [0.1, 0.15) is 17.9 Å². The van der Waals surface area contributed by atoms with E-state index in [1.165, 1.54) is 16.8 Å². The minimum absolute atomic E-state index is 0.261. The van der Waals surface area contributed by atoms with Crippen LogP contribution in [0.4, 0.5) is 5.69 Å². The molecule has 0 fully saturated rings. The van der Waals surface area contributed by atoms with Gasteiger partial charge < -0.3 is 24.6 Å². The number of aliphatic hydroxyl groups is 2. The minimum atomic E-state index is -1.40. The molecule has 2 aromatic carbocycles. The second-order valence-electron chi connectivity index (χ2n) is 10.2. The van der Waals surface area contributed by atoms with Crippen molar-refractivity contribution in [1.29, 1.82) is 0 Å². The number of carboxylic acid groups (broad SMARTS) is 1. The Morgan fingerprint density at radius 1 is 1.05 bits per heavy atom. The highest BCUT2D eigenvalue weighted by Gasteiger charge is 2.30. The lowest BCUT2D eigenvalue weighted by Gasteiger charge is -2.37. The van der Waals surface area contributed by atoms with Crippen LogP contribution in [0.2, 0.25) is 0 Å². The molecule has 4 aliphatic rings. The molecule has 0 bridgehead atoms. The highest BCUT2D eigenvalue weighted by Crippen LogP contribution is 2.47. The normalized spacial score (nSPS) is 16.4. The first-order valence-corrected chi connectivity index (χ1v) is 13.0. The van der Waals surface area contributed by atoms with Gasteiger partial charge in [0.05, 0.1) is 17.5 Å². The van der Waals surface area contributed by atoms with Crippen molar-refractivity contribution in [2.24, 2.45) is 5.92 Å². The lowest BCUT2D eigenvalue weighted by atomic mass is 9.85. The molecule has 4 N–H and O–H groups in total. The molecular formula is C30H31N2O5+. The summed E-state index contributed by atoms with van der Waals surface area (Å²) in [6.45, 7) is 4.25. The molecule has 190 valence electrons. The quantitative estimate of drug-likeness (QED) is 0.248. The Morgan fingerprint density at radius 2 is 1.84 bits per heavy atom. The van der Waals surface area contributed by atoms with Crippen LogP contribution in [0.3, 0.4) is 0 Å². The van der Waals surface area contributed by atoms with Gasteiger partial charge >= 0.3 is 5.97 Å². The van der Waals surface area contributed by atoms with Crippen LogP contribution in [0, 0.1) is 5.92 Å². The number of carbonyl (C=O) groups is 1. The number of nitrogens with one attached hydrogen (secondary N) is 1. The van der Waals surface area contributed by atoms with Crippen molar-refractivity contribution in [3.05, 3.63) is 70.6 Å². The number of aryl methyl sites for hydroxylation is 2. The standard InChI is InChI=1S/C30H30N2O5/c1-17(29(33)34)16-31-19-10-11-22-25(15-19)37-28-23-9-5-13-32-12-4-6-18(27(23)32)14-24(28)26(22)20-7-2-3-8-21(20)30(35)36/h2-3,7-8,10-11,14-15,17,29,33-34H,4-6,9,12-13,16H2,1H3,(H,35,36)/p+1. The van der Waals surface area contributed by atoms with Crippen LogP contribution in [-0.4, -0.2) is 47.2 Å². The highest BCUT2D eigenvalue weighted by atomic mass is 16.5. The largest absolute Gasteiger partial charge is 0.478 e. The molecule has 0 amide bonds. The Hall–Kier alpha value is -3.68. The number of fused-ring (bicyclic) bond motifs is 3. The zero-order valence-electron chi connectivity index (χ0n) is 20.8. The van der Waals surface area contributed by atoms with Gasteiger partial charge in [-0.3, -0.25) is 0 Å². The number of nitrogens with zero attached hydrogens (tertiary/aromatic N) is 1. The van der Waals surface area contributed by atoms with Crippen molar-refractivity contribution in [2.75, 3.05) is 24.5 Å². The highest BCUT2D eigenvalue weighted by molar-refractivity contribution is 6.09.